The smallest absolute Gasteiger partial charge is 0.342 e. The van der Waals surface area contributed by atoms with Crippen LogP contribution in [0.3, 0.4) is 0 Å². The van der Waals surface area contributed by atoms with Crippen molar-refractivity contribution in [2.75, 3.05) is 18.9 Å². The van der Waals surface area contributed by atoms with Gasteiger partial charge in [-0.15, -0.1) is 10.2 Å². The Kier molecular flexibility index (Phi) is 4.11. The van der Waals surface area contributed by atoms with Crippen molar-refractivity contribution in [3.05, 3.63) is 5.82 Å². The Hall–Kier alpha value is -1.45. The van der Waals surface area contributed by atoms with E-state index in [2.05, 4.69) is 10.2 Å². The van der Waals surface area contributed by atoms with Crippen LogP contribution in [0.5, 0.6) is 0 Å². The maximum Gasteiger partial charge on any atom is 0.453 e. The molecule has 2 N–H and O–H groups in total. The van der Waals surface area contributed by atoms with Crippen molar-refractivity contribution in [3.8, 4) is 0 Å². The summed E-state index contributed by atoms with van der Waals surface area (Å²) in [7, 11) is 0. The van der Waals surface area contributed by atoms with E-state index < -0.39 is 17.3 Å². The van der Waals surface area contributed by atoms with Crippen LogP contribution in [0.25, 0.3) is 0 Å². The molecule has 6 nitrogen and oxygen atoms in total. The maximum absolute atomic E-state index is 12.5. The summed E-state index contributed by atoms with van der Waals surface area (Å²) in [5.74, 6) is 3.92. The number of hydrogen-bond acceptors (Lipinski definition) is 5. The minimum atomic E-state index is -4.66. The monoisotopic (exact) mass is 309 g/mol. The van der Waals surface area contributed by atoms with E-state index in [9.17, 15) is 18.0 Å². The molecule has 0 saturated carbocycles. The second kappa shape index (κ2) is 5.51. The predicted molar refractivity (Wildman–Crippen MR) is 66.3 cm³/mol. The Bertz CT molecular complexity index is 498. The van der Waals surface area contributed by atoms with E-state index in [-0.39, 0.29) is 11.1 Å². The summed E-state index contributed by atoms with van der Waals surface area (Å²) in [5.41, 5.74) is 0. The van der Waals surface area contributed by atoms with Crippen molar-refractivity contribution in [3.63, 3.8) is 0 Å². The van der Waals surface area contributed by atoms with Gasteiger partial charge in [0.05, 0.1) is 5.25 Å². The highest BCUT2D eigenvalue weighted by molar-refractivity contribution is 8.00. The van der Waals surface area contributed by atoms with Gasteiger partial charge in [0.1, 0.15) is 0 Å². The molecule has 0 radical (unpaired) electrons. The zero-order chi connectivity index (χ0) is 14.9. The number of nitrogens with two attached hydrogens (primary N) is 1. The van der Waals surface area contributed by atoms with Crippen LogP contribution in [-0.2, 0) is 11.0 Å². The van der Waals surface area contributed by atoms with E-state index in [0.29, 0.717) is 17.8 Å². The van der Waals surface area contributed by atoms with Crippen LogP contribution in [-0.4, -0.2) is 44.0 Å². The van der Waals surface area contributed by atoms with Crippen molar-refractivity contribution in [2.45, 2.75) is 36.3 Å². The highest BCUT2D eigenvalue weighted by Gasteiger charge is 2.38. The summed E-state index contributed by atoms with van der Waals surface area (Å²) in [5, 5.41) is 5.72. The lowest BCUT2D eigenvalue weighted by Crippen LogP contribution is -2.34. The molecule has 2 heterocycles. The van der Waals surface area contributed by atoms with E-state index in [0.717, 1.165) is 24.6 Å². The fourth-order valence-corrected chi connectivity index (χ4v) is 2.81. The minimum Gasteiger partial charge on any atom is -0.342 e. The molecule has 0 aromatic carbocycles. The molecule has 0 bridgehead atoms. The third-order valence-electron chi connectivity index (χ3n) is 2.97. The first kappa shape index (κ1) is 14.9. The summed E-state index contributed by atoms with van der Waals surface area (Å²) in [4.78, 5) is 13.7. The second-order valence-corrected chi connectivity index (χ2v) is 5.77. The van der Waals surface area contributed by atoms with E-state index >= 15 is 0 Å². The molecular weight excluding hydrogens is 295 g/mol. The Morgan fingerprint density at radius 2 is 1.95 bits per heavy atom. The highest BCUT2D eigenvalue weighted by atomic mass is 32.2. The van der Waals surface area contributed by atoms with Crippen LogP contribution in [0.4, 0.5) is 13.2 Å². The number of hydrogen-bond donors (Lipinski definition) is 1. The Balaban J connectivity index is 2.06. The van der Waals surface area contributed by atoms with Crippen LogP contribution in [0, 0.1) is 0 Å². The number of nitrogens with zero attached hydrogens (tertiary/aromatic N) is 4. The van der Waals surface area contributed by atoms with E-state index in [1.54, 1.807) is 11.8 Å². The first-order valence-electron chi connectivity index (χ1n) is 6.04. The van der Waals surface area contributed by atoms with Crippen LogP contribution < -0.4 is 5.84 Å². The second-order valence-electron chi connectivity index (χ2n) is 4.47. The quantitative estimate of drug-likeness (QED) is 0.668. The van der Waals surface area contributed by atoms with Gasteiger partial charge in [-0.05, 0) is 19.8 Å². The van der Waals surface area contributed by atoms with Gasteiger partial charge in [-0.3, -0.25) is 4.79 Å². The summed E-state index contributed by atoms with van der Waals surface area (Å²) in [6.07, 6.45) is -2.76. The molecule has 1 aliphatic rings. The molecule has 1 fully saturated rings. The average molecular weight is 309 g/mol. The lowest BCUT2D eigenvalue weighted by Gasteiger charge is -2.19. The van der Waals surface area contributed by atoms with E-state index in [1.165, 1.54) is 0 Å². The molecule has 0 spiro atoms. The fraction of sp³-hybridized carbons (Fsp3) is 0.700. The largest absolute Gasteiger partial charge is 0.453 e. The standard InChI is InChI=1S/C10H14F3N5OS/c1-6(7(19)17-4-2-3-5-17)20-9-16-15-8(18(9)14)10(11,12)13/h6H,2-5,14H2,1H3. The van der Waals surface area contributed by atoms with Crippen molar-refractivity contribution >= 4 is 17.7 Å². The molecule has 1 amide bonds. The van der Waals surface area contributed by atoms with Gasteiger partial charge in [-0.1, -0.05) is 11.8 Å². The highest BCUT2D eigenvalue weighted by Crippen LogP contribution is 2.30. The van der Waals surface area contributed by atoms with Gasteiger partial charge in [0, 0.05) is 13.1 Å². The van der Waals surface area contributed by atoms with Gasteiger partial charge in [0.2, 0.25) is 11.1 Å². The number of rotatable bonds is 3. The molecule has 1 aromatic rings. The van der Waals surface area contributed by atoms with Gasteiger partial charge in [-0.2, -0.15) is 13.2 Å². The number of amides is 1. The zero-order valence-electron chi connectivity index (χ0n) is 10.7. The minimum absolute atomic E-state index is 0.121. The Morgan fingerprint density at radius 1 is 1.35 bits per heavy atom. The van der Waals surface area contributed by atoms with Crippen LogP contribution in [0.15, 0.2) is 5.16 Å². The van der Waals surface area contributed by atoms with Crippen molar-refractivity contribution in [1.82, 2.24) is 19.8 Å². The summed E-state index contributed by atoms with van der Waals surface area (Å²) < 4.78 is 37.9. The molecular formula is C10H14F3N5OS. The van der Waals surface area contributed by atoms with Crippen molar-refractivity contribution in [1.29, 1.82) is 0 Å². The lowest BCUT2D eigenvalue weighted by molar-refractivity contribution is -0.146. The maximum atomic E-state index is 12.5. The van der Waals surface area contributed by atoms with Crippen LogP contribution >= 0.6 is 11.8 Å². The topological polar surface area (TPSA) is 77.0 Å². The number of thioether (sulfide) groups is 1. The van der Waals surface area contributed by atoms with Gasteiger partial charge in [0.15, 0.2) is 0 Å². The normalized spacial score (nSPS) is 17.5. The van der Waals surface area contributed by atoms with Crippen molar-refractivity contribution in [2.24, 2.45) is 0 Å². The van der Waals surface area contributed by atoms with E-state index in [4.69, 9.17) is 5.84 Å². The third kappa shape index (κ3) is 3.00. The van der Waals surface area contributed by atoms with Crippen molar-refractivity contribution < 1.29 is 18.0 Å². The molecule has 1 atom stereocenters. The fourth-order valence-electron chi connectivity index (χ4n) is 1.95. The van der Waals surface area contributed by atoms with Crippen LogP contribution in [0.1, 0.15) is 25.6 Å². The number of halogens is 3. The number of likely N-dealkylation sites (tertiary alicyclic amines) is 1. The summed E-state index contributed by atoms with van der Waals surface area (Å²) in [6, 6.07) is 0. The summed E-state index contributed by atoms with van der Waals surface area (Å²) in [6.45, 7) is 2.99. The molecule has 1 unspecified atom stereocenters. The first-order chi connectivity index (χ1) is 9.30. The Labute approximate surface area is 117 Å². The van der Waals surface area contributed by atoms with Gasteiger partial charge < -0.3 is 10.7 Å². The lowest BCUT2D eigenvalue weighted by atomic mass is 10.4. The number of nitrogen functional groups attached to an aromatic ring is 1. The molecule has 10 heteroatoms. The third-order valence-corrected chi connectivity index (χ3v) is 4.01. The zero-order valence-corrected chi connectivity index (χ0v) is 11.5. The number of carbonyl (C=O) groups is 1. The van der Waals surface area contributed by atoms with E-state index in [1.807, 2.05) is 0 Å². The van der Waals surface area contributed by atoms with Gasteiger partial charge >= 0.3 is 6.18 Å². The van der Waals surface area contributed by atoms with Crippen LogP contribution in [0.2, 0.25) is 0 Å². The predicted octanol–water partition coefficient (Wildman–Crippen LogP) is 1.11. The molecule has 112 valence electrons. The number of carbonyl (C=O) groups excluding carboxylic acids is 1. The van der Waals surface area contributed by atoms with Gasteiger partial charge in [0.25, 0.3) is 5.82 Å². The van der Waals surface area contributed by atoms with Gasteiger partial charge in [-0.25, -0.2) is 4.68 Å². The molecule has 1 saturated heterocycles. The Morgan fingerprint density at radius 3 is 2.45 bits per heavy atom. The average Bonchev–Trinajstić information content (AvgIpc) is 2.98. The molecule has 1 aromatic heterocycles. The first-order valence-corrected chi connectivity index (χ1v) is 6.92. The molecule has 20 heavy (non-hydrogen) atoms. The number of aromatic nitrogens is 3. The molecule has 0 aliphatic carbocycles. The SMILES string of the molecule is CC(Sc1nnc(C(F)(F)F)n1N)C(=O)N1CCCC1. The molecule has 2 rings (SSSR count). The summed E-state index contributed by atoms with van der Waals surface area (Å²) >= 11 is 0.875. The molecule has 1 aliphatic heterocycles. The number of alkyl halides is 3.